The van der Waals surface area contributed by atoms with E-state index in [2.05, 4.69) is 11.9 Å². The number of nitrogens with one attached hydrogen (secondary N) is 1. The summed E-state index contributed by atoms with van der Waals surface area (Å²) < 4.78 is 0. The molecule has 1 N–H and O–H groups in total. The van der Waals surface area contributed by atoms with Crippen LogP contribution < -0.4 is 5.32 Å². The highest BCUT2D eigenvalue weighted by atomic mass is 16.1. The zero-order valence-corrected chi connectivity index (χ0v) is 11.7. The van der Waals surface area contributed by atoms with Crippen molar-refractivity contribution in [1.29, 1.82) is 0 Å². The van der Waals surface area contributed by atoms with E-state index in [0.717, 1.165) is 16.8 Å². The van der Waals surface area contributed by atoms with Crippen molar-refractivity contribution >= 4 is 11.6 Å². The maximum Gasteiger partial charge on any atom is 0.227 e. The summed E-state index contributed by atoms with van der Waals surface area (Å²) >= 11 is 0. The Labute approximate surface area is 109 Å². The fourth-order valence-electron chi connectivity index (χ4n) is 1.85. The van der Waals surface area contributed by atoms with Crippen molar-refractivity contribution in [1.82, 2.24) is 10.2 Å². The number of benzene rings is 1. The van der Waals surface area contributed by atoms with Crippen LogP contribution in [0.3, 0.4) is 0 Å². The number of carbonyl (C=O) groups excluding carboxylic acids is 1. The molecule has 1 aromatic carbocycles. The van der Waals surface area contributed by atoms with Crippen LogP contribution in [-0.4, -0.2) is 31.4 Å². The number of hydrogen-bond acceptors (Lipinski definition) is 2. The van der Waals surface area contributed by atoms with E-state index in [1.54, 1.807) is 0 Å². The molecule has 0 fully saturated rings. The van der Waals surface area contributed by atoms with Crippen LogP contribution in [0, 0.1) is 0 Å². The highest BCUT2D eigenvalue weighted by molar-refractivity contribution is 5.85. The Hall–Kier alpha value is -1.77. The minimum Gasteiger partial charge on any atom is -0.378 e. The average molecular weight is 246 g/mol. The van der Waals surface area contributed by atoms with E-state index in [4.69, 9.17) is 0 Å². The van der Waals surface area contributed by atoms with Crippen LogP contribution in [0.25, 0.3) is 5.70 Å². The highest BCUT2D eigenvalue weighted by Crippen LogP contribution is 2.26. The molecule has 1 rings (SSSR count). The van der Waals surface area contributed by atoms with Gasteiger partial charge in [0, 0.05) is 31.9 Å². The van der Waals surface area contributed by atoms with Crippen molar-refractivity contribution in [3.8, 4) is 0 Å². The molecule has 98 valence electrons. The monoisotopic (exact) mass is 246 g/mol. The Morgan fingerprint density at radius 1 is 1.39 bits per heavy atom. The molecule has 1 unspecified atom stereocenters. The van der Waals surface area contributed by atoms with Gasteiger partial charge in [-0.15, -0.1) is 0 Å². The van der Waals surface area contributed by atoms with Gasteiger partial charge in [0.2, 0.25) is 5.91 Å². The summed E-state index contributed by atoms with van der Waals surface area (Å²) in [4.78, 5) is 13.9. The molecule has 1 amide bonds. The Morgan fingerprint density at radius 3 is 2.56 bits per heavy atom. The summed E-state index contributed by atoms with van der Waals surface area (Å²) in [7, 11) is 3.91. The molecular weight excluding hydrogens is 224 g/mol. The number of likely N-dealkylation sites (N-methyl/N-ethyl adjacent to an activating group) is 1. The highest BCUT2D eigenvalue weighted by Gasteiger charge is 2.18. The van der Waals surface area contributed by atoms with Crippen molar-refractivity contribution in [2.75, 3.05) is 20.6 Å². The lowest BCUT2D eigenvalue weighted by Gasteiger charge is -2.21. The zero-order valence-electron chi connectivity index (χ0n) is 11.7. The second-order valence-corrected chi connectivity index (χ2v) is 4.54. The summed E-state index contributed by atoms with van der Waals surface area (Å²) in [6, 6.07) is 7.92. The fraction of sp³-hybridized carbons (Fsp3) is 0.400. The molecule has 3 nitrogen and oxygen atoms in total. The van der Waals surface area contributed by atoms with Crippen molar-refractivity contribution in [2.45, 2.75) is 19.8 Å². The molecule has 3 heteroatoms. The van der Waals surface area contributed by atoms with E-state index in [0.29, 0.717) is 6.54 Å². The summed E-state index contributed by atoms with van der Waals surface area (Å²) in [5.41, 5.74) is 2.96. The molecule has 0 heterocycles. The second kappa shape index (κ2) is 6.24. The molecule has 0 spiro atoms. The molecule has 0 radical (unpaired) electrons. The molecule has 0 aliphatic heterocycles. The second-order valence-electron chi connectivity index (χ2n) is 4.54. The predicted molar refractivity (Wildman–Crippen MR) is 76.3 cm³/mol. The Balaban J connectivity index is 3.09. The molecule has 0 aromatic heterocycles. The predicted octanol–water partition coefficient (Wildman–Crippen LogP) is 2.46. The molecule has 0 saturated carbocycles. The van der Waals surface area contributed by atoms with Crippen LogP contribution in [0.1, 0.15) is 30.9 Å². The van der Waals surface area contributed by atoms with Crippen molar-refractivity contribution in [2.24, 2.45) is 0 Å². The third kappa shape index (κ3) is 3.13. The zero-order chi connectivity index (χ0) is 13.7. The number of carbonyl (C=O) groups is 1. The fourth-order valence-corrected chi connectivity index (χ4v) is 1.85. The van der Waals surface area contributed by atoms with Crippen LogP contribution in [0.15, 0.2) is 30.8 Å². The molecule has 1 aromatic rings. The van der Waals surface area contributed by atoms with E-state index >= 15 is 0 Å². The van der Waals surface area contributed by atoms with Crippen LogP contribution >= 0.6 is 0 Å². The Bertz CT molecular complexity index is 438. The van der Waals surface area contributed by atoms with Gasteiger partial charge in [0.1, 0.15) is 0 Å². The molecule has 0 aliphatic rings. The van der Waals surface area contributed by atoms with E-state index in [1.165, 1.54) is 0 Å². The number of amides is 1. The van der Waals surface area contributed by atoms with Gasteiger partial charge in [-0.2, -0.15) is 0 Å². The molecule has 18 heavy (non-hydrogen) atoms. The van der Waals surface area contributed by atoms with E-state index in [1.807, 2.05) is 57.1 Å². The normalized spacial score (nSPS) is 11.8. The van der Waals surface area contributed by atoms with Gasteiger partial charge in [0.25, 0.3) is 0 Å². The van der Waals surface area contributed by atoms with Gasteiger partial charge in [-0.3, -0.25) is 4.79 Å². The van der Waals surface area contributed by atoms with Crippen LogP contribution in [0.2, 0.25) is 0 Å². The van der Waals surface area contributed by atoms with Gasteiger partial charge in [-0.25, -0.2) is 0 Å². The van der Waals surface area contributed by atoms with E-state index < -0.39 is 0 Å². The van der Waals surface area contributed by atoms with Crippen molar-refractivity contribution < 1.29 is 4.79 Å². The topological polar surface area (TPSA) is 32.3 Å². The van der Waals surface area contributed by atoms with Crippen LogP contribution in [0.5, 0.6) is 0 Å². The maximum atomic E-state index is 11.9. The Morgan fingerprint density at radius 2 is 2.00 bits per heavy atom. The van der Waals surface area contributed by atoms with Gasteiger partial charge in [-0.05, 0) is 19.4 Å². The number of rotatable bonds is 5. The average Bonchev–Trinajstić information content (AvgIpc) is 2.37. The van der Waals surface area contributed by atoms with Crippen molar-refractivity contribution in [3.63, 3.8) is 0 Å². The first kappa shape index (κ1) is 14.3. The maximum absolute atomic E-state index is 11.9. The lowest BCUT2D eigenvalue weighted by molar-refractivity contribution is -0.122. The molecule has 1 atom stereocenters. The third-order valence-electron chi connectivity index (χ3n) is 3.02. The summed E-state index contributed by atoms with van der Waals surface area (Å²) in [6.07, 6.45) is 0. The lowest BCUT2D eigenvalue weighted by atomic mass is 9.93. The number of hydrogen-bond donors (Lipinski definition) is 1. The lowest BCUT2D eigenvalue weighted by Crippen LogP contribution is -2.28. The van der Waals surface area contributed by atoms with Gasteiger partial charge in [0.05, 0.1) is 5.92 Å². The molecule has 0 aliphatic carbocycles. The minimum absolute atomic E-state index is 0.0523. The molecular formula is C15H22N2O. The van der Waals surface area contributed by atoms with Crippen LogP contribution in [-0.2, 0) is 4.79 Å². The summed E-state index contributed by atoms with van der Waals surface area (Å²) in [5, 5.41) is 2.86. The summed E-state index contributed by atoms with van der Waals surface area (Å²) in [6.45, 7) is 8.57. The van der Waals surface area contributed by atoms with Gasteiger partial charge in [-0.1, -0.05) is 30.8 Å². The third-order valence-corrected chi connectivity index (χ3v) is 3.02. The molecule has 0 saturated heterocycles. The van der Waals surface area contributed by atoms with E-state index in [9.17, 15) is 4.79 Å². The largest absolute Gasteiger partial charge is 0.378 e. The smallest absolute Gasteiger partial charge is 0.227 e. The first-order chi connectivity index (χ1) is 8.49. The van der Waals surface area contributed by atoms with Gasteiger partial charge in [0.15, 0.2) is 0 Å². The standard InChI is InChI=1S/C15H22N2O/c1-6-16-15(18)11(2)13-9-7-8-10-14(13)12(3)17(4)5/h7-11H,3,6H2,1-2,4-5H3,(H,16,18). The minimum atomic E-state index is -0.169. The van der Waals surface area contributed by atoms with Crippen LogP contribution in [0.4, 0.5) is 0 Å². The first-order valence-electron chi connectivity index (χ1n) is 6.22. The van der Waals surface area contributed by atoms with Crippen molar-refractivity contribution in [3.05, 3.63) is 42.0 Å². The quantitative estimate of drug-likeness (QED) is 0.865. The van der Waals surface area contributed by atoms with Gasteiger partial charge < -0.3 is 10.2 Å². The Kier molecular flexibility index (Phi) is 4.95. The summed E-state index contributed by atoms with van der Waals surface area (Å²) in [5.74, 6) is -0.116. The molecule has 0 bridgehead atoms. The van der Waals surface area contributed by atoms with E-state index in [-0.39, 0.29) is 11.8 Å². The van der Waals surface area contributed by atoms with Gasteiger partial charge >= 0.3 is 0 Å². The number of nitrogens with zero attached hydrogens (tertiary/aromatic N) is 1. The first-order valence-corrected chi connectivity index (χ1v) is 6.22. The SMILES string of the molecule is C=C(c1ccccc1C(C)C(=O)NCC)N(C)C.